The molecule has 1 unspecified atom stereocenters. The van der Waals surface area contributed by atoms with Gasteiger partial charge in [0.2, 0.25) is 0 Å². The van der Waals surface area contributed by atoms with Gasteiger partial charge in [0, 0.05) is 5.69 Å². The Morgan fingerprint density at radius 1 is 1.47 bits per heavy atom. The molecule has 1 rings (SSSR count). The number of carbonyl (C=O) groups excluding carboxylic acids is 1. The number of amides is 1. The van der Waals surface area contributed by atoms with Crippen LogP contribution in [0.25, 0.3) is 0 Å². The Bertz CT molecular complexity index is 450. The normalized spacial score (nSPS) is 11.9. The summed E-state index contributed by atoms with van der Waals surface area (Å²) in [6.07, 6.45) is 0. The van der Waals surface area contributed by atoms with Crippen LogP contribution in [0.3, 0.4) is 0 Å². The van der Waals surface area contributed by atoms with Crippen molar-refractivity contribution in [1.29, 1.82) is 0 Å². The van der Waals surface area contributed by atoms with Gasteiger partial charge in [0.15, 0.2) is 6.04 Å². The van der Waals surface area contributed by atoms with Gasteiger partial charge in [-0.05, 0) is 18.2 Å². The number of rotatable bonds is 4. The minimum atomic E-state index is -1.45. The van der Waals surface area contributed by atoms with E-state index in [2.05, 4.69) is 0 Å². The van der Waals surface area contributed by atoms with E-state index in [0.717, 1.165) is 12.1 Å². The highest BCUT2D eigenvalue weighted by atomic mass is 19.1. The third-order valence-electron chi connectivity index (χ3n) is 2.05. The Labute approximate surface area is 95.9 Å². The third-order valence-corrected chi connectivity index (χ3v) is 2.05. The highest BCUT2D eigenvalue weighted by Crippen LogP contribution is 2.13. The Balaban J connectivity index is 2.89. The van der Waals surface area contributed by atoms with Crippen LogP contribution in [0, 0.1) is 5.82 Å². The van der Waals surface area contributed by atoms with Gasteiger partial charge < -0.3 is 21.3 Å². The molecule has 92 valence electrons. The summed E-state index contributed by atoms with van der Waals surface area (Å²) in [4.78, 5) is 22.1. The maximum Gasteiger partial charge on any atom is 0.328 e. The molecular weight excluding hydrogens is 231 g/mol. The van der Waals surface area contributed by atoms with Crippen molar-refractivity contribution in [3.05, 3.63) is 29.6 Å². The summed E-state index contributed by atoms with van der Waals surface area (Å²) in [5.74, 6) is -2.92. The van der Waals surface area contributed by atoms with E-state index in [1.165, 1.54) is 6.07 Å². The molecule has 1 aromatic carbocycles. The van der Waals surface area contributed by atoms with Crippen molar-refractivity contribution in [2.24, 2.45) is 0 Å². The number of halogens is 1. The summed E-state index contributed by atoms with van der Waals surface area (Å²) in [6, 6.07) is 1.71. The van der Waals surface area contributed by atoms with Crippen LogP contribution < -0.4 is 11.1 Å². The van der Waals surface area contributed by atoms with Crippen molar-refractivity contribution in [2.75, 3.05) is 12.3 Å². The van der Waals surface area contributed by atoms with Crippen LogP contribution in [-0.4, -0.2) is 34.7 Å². The van der Waals surface area contributed by atoms with Crippen LogP contribution in [0.2, 0.25) is 0 Å². The predicted octanol–water partition coefficient (Wildman–Crippen LogP) is -0.417. The summed E-state index contributed by atoms with van der Waals surface area (Å²) >= 11 is 0. The number of aliphatic hydroxyl groups excluding tert-OH is 1. The Hall–Kier alpha value is -2.15. The number of hydrogen-bond donors (Lipinski definition) is 4. The molecule has 5 N–H and O–H groups in total. The molecular formula is C10H11FN2O4. The monoisotopic (exact) mass is 242 g/mol. The van der Waals surface area contributed by atoms with E-state index in [1.54, 1.807) is 0 Å². The molecule has 6 nitrogen and oxygen atoms in total. The lowest BCUT2D eigenvalue weighted by Crippen LogP contribution is -2.43. The highest BCUT2D eigenvalue weighted by molar-refractivity contribution is 6.00. The number of nitrogens with one attached hydrogen (secondary N) is 1. The quantitative estimate of drug-likeness (QED) is 0.536. The van der Waals surface area contributed by atoms with Gasteiger partial charge in [0.25, 0.3) is 5.91 Å². The molecule has 0 spiro atoms. The van der Waals surface area contributed by atoms with Crippen LogP contribution >= 0.6 is 0 Å². The molecule has 7 heteroatoms. The number of anilines is 1. The molecule has 0 aliphatic rings. The third kappa shape index (κ3) is 3.15. The van der Waals surface area contributed by atoms with Crippen molar-refractivity contribution in [2.45, 2.75) is 6.04 Å². The largest absolute Gasteiger partial charge is 0.480 e. The van der Waals surface area contributed by atoms with Crippen molar-refractivity contribution in [1.82, 2.24) is 5.32 Å². The maximum atomic E-state index is 12.9. The number of nitrogen functional groups attached to an aromatic ring is 1. The molecule has 1 atom stereocenters. The fraction of sp³-hybridized carbons (Fsp3) is 0.200. The molecule has 0 saturated carbocycles. The number of carboxylic acid groups (broad SMARTS) is 1. The number of aliphatic carboxylic acids is 1. The van der Waals surface area contributed by atoms with E-state index >= 15 is 0 Å². The van der Waals surface area contributed by atoms with Gasteiger partial charge in [0.1, 0.15) is 5.82 Å². The van der Waals surface area contributed by atoms with Gasteiger partial charge in [-0.15, -0.1) is 0 Å². The van der Waals surface area contributed by atoms with Gasteiger partial charge in [-0.2, -0.15) is 0 Å². The standard InChI is InChI=1S/C10H11FN2O4/c11-5-1-2-7(12)6(3-5)9(15)13-8(4-14)10(16)17/h1-3,8,14H,4,12H2,(H,13,15)(H,16,17). The minimum Gasteiger partial charge on any atom is -0.480 e. The molecule has 0 aromatic heterocycles. The number of carbonyl (C=O) groups is 2. The first kappa shape index (κ1) is 12.9. The molecule has 0 bridgehead atoms. The lowest BCUT2D eigenvalue weighted by molar-refractivity contribution is -0.140. The first-order chi connectivity index (χ1) is 7.95. The van der Waals surface area contributed by atoms with Gasteiger partial charge in [-0.25, -0.2) is 9.18 Å². The van der Waals surface area contributed by atoms with E-state index in [9.17, 15) is 14.0 Å². The van der Waals surface area contributed by atoms with Gasteiger partial charge in [-0.3, -0.25) is 4.79 Å². The van der Waals surface area contributed by atoms with E-state index in [1.807, 2.05) is 5.32 Å². The molecule has 1 amide bonds. The SMILES string of the molecule is Nc1ccc(F)cc1C(=O)NC(CO)C(=O)O. The molecule has 1 aromatic rings. The molecule has 0 saturated heterocycles. The summed E-state index contributed by atoms with van der Waals surface area (Å²) in [7, 11) is 0. The highest BCUT2D eigenvalue weighted by Gasteiger charge is 2.20. The number of nitrogens with two attached hydrogens (primary N) is 1. The first-order valence-electron chi connectivity index (χ1n) is 4.65. The Morgan fingerprint density at radius 2 is 2.12 bits per heavy atom. The zero-order chi connectivity index (χ0) is 13.0. The summed E-state index contributed by atoms with van der Waals surface area (Å²) in [5.41, 5.74) is 5.29. The summed E-state index contributed by atoms with van der Waals surface area (Å²) < 4.78 is 12.9. The van der Waals surface area contributed by atoms with E-state index in [-0.39, 0.29) is 11.3 Å². The molecule has 17 heavy (non-hydrogen) atoms. The number of hydrogen-bond acceptors (Lipinski definition) is 4. The lowest BCUT2D eigenvalue weighted by Gasteiger charge is -2.12. The number of benzene rings is 1. The molecule has 0 heterocycles. The fourth-order valence-corrected chi connectivity index (χ4v) is 1.15. The van der Waals surface area contributed by atoms with Crippen LogP contribution in [0.1, 0.15) is 10.4 Å². The average Bonchev–Trinajstić information content (AvgIpc) is 2.28. The van der Waals surface area contributed by atoms with Crippen LogP contribution in [-0.2, 0) is 4.79 Å². The zero-order valence-electron chi connectivity index (χ0n) is 8.68. The van der Waals surface area contributed by atoms with Crippen molar-refractivity contribution >= 4 is 17.6 Å². The maximum absolute atomic E-state index is 12.9. The summed E-state index contributed by atoms with van der Waals surface area (Å²) in [5, 5.41) is 19.3. The van der Waals surface area contributed by atoms with Crippen LogP contribution in [0.5, 0.6) is 0 Å². The Morgan fingerprint density at radius 3 is 2.65 bits per heavy atom. The number of carboxylic acids is 1. The van der Waals surface area contributed by atoms with E-state index in [0.29, 0.717) is 0 Å². The predicted molar refractivity (Wildman–Crippen MR) is 56.8 cm³/mol. The zero-order valence-corrected chi connectivity index (χ0v) is 8.68. The molecule has 0 aliphatic heterocycles. The van der Waals surface area contributed by atoms with Gasteiger partial charge in [0.05, 0.1) is 12.2 Å². The van der Waals surface area contributed by atoms with Gasteiger partial charge in [-0.1, -0.05) is 0 Å². The van der Waals surface area contributed by atoms with Crippen molar-refractivity contribution < 1.29 is 24.2 Å². The average molecular weight is 242 g/mol. The molecule has 0 radical (unpaired) electrons. The Kier molecular flexibility index (Phi) is 4.00. The number of aliphatic hydroxyl groups is 1. The fourth-order valence-electron chi connectivity index (χ4n) is 1.15. The second-order valence-electron chi connectivity index (χ2n) is 3.28. The van der Waals surface area contributed by atoms with Crippen molar-refractivity contribution in [3.8, 4) is 0 Å². The van der Waals surface area contributed by atoms with Crippen LogP contribution in [0.15, 0.2) is 18.2 Å². The van der Waals surface area contributed by atoms with Gasteiger partial charge >= 0.3 is 5.97 Å². The van der Waals surface area contributed by atoms with Crippen molar-refractivity contribution in [3.63, 3.8) is 0 Å². The smallest absolute Gasteiger partial charge is 0.328 e. The second-order valence-corrected chi connectivity index (χ2v) is 3.28. The van der Waals surface area contributed by atoms with E-state index < -0.39 is 30.3 Å². The second kappa shape index (κ2) is 5.26. The first-order valence-corrected chi connectivity index (χ1v) is 4.65. The topological polar surface area (TPSA) is 113 Å². The lowest BCUT2D eigenvalue weighted by atomic mass is 10.1. The van der Waals surface area contributed by atoms with E-state index in [4.69, 9.17) is 15.9 Å². The minimum absolute atomic E-state index is 0.0194. The van der Waals surface area contributed by atoms with Crippen LogP contribution in [0.4, 0.5) is 10.1 Å². The molecule has 0 aliphatic carbocycles. The summed E-state index contributed by atoms with van der Waals surface area (Å²) in [6.45, 7) is -0.768. The molecule has 0 fully saturated rings.